The summed E-state index contributed by atoms with van der Waals surface area (Å²) in [5.74, 6) is 1.42. The summed E-state index contributed by atoms with van der Waals surface area (Å²) in [6.45, 7) is 2.27. The first kappa shape index (κ1) is 10.6. The molecule has 0 unspecified atom stereocenters. The Labute approximate surface area is 72.2 Å². The van der Waals surface area contributed by atoms with Crippen LogP contribution in [-0.2, 0) is 0 Å². The fraction of sp³-hybridized carbons (Fsp3) is 1.00. The third kappa shape index (κ3) is 8.57. The average molecular weight is 176 g/mol. The van der Waals surface area contributed by atoms with Crippen molar-refractivity contribution in [3.8, 4) is 0 Å². The molecule has 0 aromatic rings. The van der Waals surface area contributed by atoms with Gasteiger partial charge < -0.3 is 0 Å². The molecule has 0 rings (SSSR count). The van der Waals surface area contributed by atoms with Crippen molar-refractivity contribution in [1.29, 1.82) is 0 Å². The van der Waals surface area contributed by atoms with Crippen LogP contribution < -0.4 is 0 Å². The molecule has 0 aromatic carbocycles. The van der Waals surface area contributed by atoms with Crippen molar-refractivity contribution in [2.45, 2.75) is 45.4 Å². The van der Waals surface area contributed by atoms with Crippen LogP contribution in [0.5, 0.6) is 0 Å². The fourth-order valence-electron chi connectivity index (χ4n) is 1.03. The Bertz CT molecular complexity index is 49.2. The summed E-state index contributed by atoms with van der Waals surface area (Å²) in [4.78, 5) is 0. The molecule has 0 N–H and O–H groups in total. The molecule has 0 bridgehead atoms. The zero-order valence-electron chi connectivity index (χ0n) is 7.36. The van der Waals surface area contributed by atoms with Gasteiger partial charge in [0, 0.05) is 0 Å². The van der Waals surface area contributed by atoms with Crippen molar-refractivity contribution < 1.29 is 0 Å². The van der Waals surface area contributed by atoms with Gasteiger partial charge >= 0.3 is 0 Å². The molecular formula is C8H20SSi. The minimum absolute atomic E-state index is 1.33. The minimum atomic E-state index is 1.33. The lowest BCUT2D eigenvalue weighted by molar-refractivity contribution is 0.627. The van der Waals surface area contributed by atoms with Crippen LogP contribution in [0.2, 0.25) is 0 Å². The van der Waals surface area contributed by atoms with Gasteiger partial charge in [-0.2, -0.15) is 11.2 Å². The molecule has 0 saturated heterocycles. The monoisotopic (exact) mass is 176 g/mol. The van der Waals surface area contributed by atoms with Gasteiger partial charge in [0.2, 0.25) is 0 Å². The van der Waals surface area contributed by atoms with Gasteiger partial charge in [-0.15, -0.1) is 0 Å². The lowest BCUT2D eigenvalue weighted by atomic mass is 10.1. The SMILES string of the molecule is CCCCCCCCS[SiH3]. The van der Waals surface area contributed by atoms with E-state index in [4.69, 9.17) is 0 Å². The molecule has 0 aliphatic carbocycles. The Morgan fingerprint density at radius 2 is 1.60 bits per heavy atom. The van der Waals surface area contributed by atoms with Crippen molar-refractivity contribution in [3.63, 3.8) is 0 Å². The molecule has 0 saturated carbocycles. The first-order valence-electron chi connectivity index (χ1n) is 4.40. The predicted molar refractivity (Wildman–Crippen MR) is 55.8 cm³/mol. The lowest BCUT2D eigenvalue weighted by Gasteiger charge is -1.97. The maximum Gasteiger partial charge on any atom is 0.0694 e. The Hall–Kier alpha value is 0.567. The van der Waals surface area contributed by atoms with Gasteiger partial charge in [0.15, 0.2) is 0 Å². The van der Waals surface area contributed by atoms with Crippen molar-refractivity contribution in [2.75, 3.05) is 5.75 Å². The van der Waals surface area contributed by atoms with Crippen LogP contribution in [0, 0.1) is 0 Å². The molecule has 62 valence electrons. The normalized spacial score (nSPS) is 10.5. The highest BCUT2D eigenvalue weighted by Gasteiger charge is 1.87. The molecule has 0 aliphatic heterocycles. The molecule has 0 aliphatic rings. The van der Waals surface area contributed by atoms with Crippen LogP contribution >= 0.6 is 11.2 Å². The van der Waals surface area contributed by atoms with Crippen molar-refractivity contribution in [1.82, 2.24) is 0 Å². The summed E-state index contributed by atoms with van der Waals surface area (Å²) in [5.41, 5.74) is 0. The second-order valence-corrected chi connectivity index (χ2v) is 5.48. The third-order valence-electron chi connectivity index (χ3n) is 1.70. The van der Waals surface area contributed by atoms with Crippen LogP contribution in [0.15, 0.2) is 0 Å². The molecule has 0 fully saturated rings. The molecule has 0 nitrogen and oxygen atoms in total. The number of rotatable bonds is 7. The smallest absolute Gasteiger partial charge is 0.0694 e. The van der Waals surface area contributed by atoms with E-state index in [9.17, 15) is 0 Å². The van der Waals surface area contributed by atoms with Crippen LogP contribution in [0.1, 0.15) is 45.4 Å². The van der Waals surface area contributed by atoms with E-state index in [0.717, 1.165) is 0 Å². The summed E-state index contributed by atoms with van der Waals surface area (Å²) in [7, 11) is 1.33. The topological polar surface area (TPSA) is 0 Å². The van der Waals surface area contributed by atoms with Gasteiger partial charge in [0.1, 0.15) is 0 Å². The third-order valence-corrected chi connectivity index (χ3v) is 3.62. The molecule has 10 heavy (non-hydrogen) atoms. The quantitative estimate of drug-likeness (QED) is 0.424. The van der Waals surface area contributed by atoms with Gasteiger partial charge in [0.25, 0.3) is 0 Å². The minimum Gasteiger partial charge on any atom is -0.198 e. The largest absolute Gasteiger partial charge is 0.198 e. The van der Waals surface area contributed by atoms with Crippen LogP contribution in [0.3, 0.4) is 0 Å². The Morgan fingerprint density at radius 3 is 2.20 bits per heavy atom. The van der Waals surface area contributed by atoms with Gasteiger partial charge in [0.05, 0.1) is 9.39 Å². The maximum atomic E-state index is 2.27. The van der Waals surface area contributed by atoms with Crippen molar-refractivity contribution in [2.24, 2.45) is 0 Å². The molecule has 2 heteroatoms. The number of hydrogen-bond donors (Lipinski definition) is 0. The van der Waals surface area contributed by atoms with Gasteiger partial charge in [-0.25, -0.2) is 0 Å². The average Bonchev–Trinajstić information content (AvgIpc) is 1.97. The summed E-state index contributed by atoms with van der Waals surface area (Å²) in [6, 6.07) is 0. The van der Waals surface area contributed by atoms with E-state index in [2.05, 4.69) is 18.1 Å². The highest BCUT2D eigenvalue weighted by molar-refractivity contribution is 8.19. The van der Waals surface area contributed by atoms with Crippen LogP contribution in [0.4, 0.5) is 0 Å². The lowest BCUT2D eigenvalue weighted by Crippen LogP contribution is -1.80. The summed E-state index contributed by atoms with van der Waals surface area (Å²) in [5, 5.41) is 0. The molecule has 0 heterocycles. The Morgan fingerprint density at radius 1 is 1.00 bits per heavy atom. The van der Waals surface area contributed by atoms with E-state index < -0.39 is 0 Å². The standard InChI is InChI=1S/C8H20SSi/c1-2-3-4-5-6-7-8-9-10/h2-8H2,1,10H3. The van der Waals surface area contributed by atoms with E-state index >= 15 is 0 Å². The van der Waals surface area contributed by atoms with Gasteiger partial charge in [-0.3, -0.25) is 0 Å². The highest BCUT2D eigenvalue weighted by atomic mass is 32.4. The van der Waals surface area contributed by atoms with Gasteiger partial charge in [-0.05, 0) is 12.2 Å². The fourth-order valence-corrected chi connectivity index (χ4v) is 2.39. The second kappa shape index (κ2) is 9.57. The van der Waals surface area contributed by atoms with E-state index in [1.165, 1.54) is 53.7 Å². The zero-order chi connectivity index (χ0) is 7.66. The van der Waals surface area contributed by atoms with E-state index in [1.54, 1.807) is 0 Å². The zero-order valence-corrected chi connectivity index (χ0v) is 10.2. The van der Waals surface area contributed by atoms with E-state index in [0.29, 0.717) is 0 Å². The number of hydrogen-bond acceptors (Lipinski definition) is 1. The molecule has 0 amide bonds. The molecule has 0 atom stereocenters. The van der Waals surface area contributed by atoms with Crippen molar-refractivity contribution in [3.05, 3.63) is 0 Å². The first-order chi connectivity index (χ1) is 4.91. The van der Waals surface area contributed by atoms with E-state index in [-0.39, 0.29) is 0 Å². The molecule has 0 radical (unpaired) electrons. The molecular weight excluding hydrogens is 156 g/mol. The van der Waals surface area contributed by atoms with Crippen LogP contribution in [-0.4, -0.2) is 15.1 Å². The maximum absolute atomic E-state index is 2.27. The molecule has 0 spiro atoms. The highest BCUT2D eigenvalue weighted by Crippen LogP contribution is 2.06. The second-order valence-electron chi connectivity index (χ2n) is 2.76. The van der Waals surface area contributed by atoms with E-state index in [1.807, 2.05) is 0 Å². The first-order valence-corrected chi connectivity index (χ1v) is 8.25. The summed E-state index contributed by atoms with van der Waals surface area (Å²) in [6.07, 6.45) is 8.66. The predicted octanol–water partition coefficient (Wildman–Crippen LogP) is 2.36. The Balaban J connectivity index is 2.65. The number of unbranched alkanes of at least 4 members (excludes halogenated alkanes) is 5. The summed E-state index contributed by atoms with van der Waals surface area (Å²) >= 11 is 2.10. The van der Waals surface area contributed by atoms with Gasteiger partial charge in [-0.1, -0.05) is 39.0 Å². The van der Waals surface area contributed by atoms with Crippen LogP contribution in [0.25, 0.3) is 0 Å². The Kier molecular flexibility index (Phi) is 10.1. The summed E-state index contributed by atoms with van der Waals surface area (Å²) < 4.78 is 0. The molecule has 0 aromatic heterocycles. The van der Waals surface area contributed by atoms with Crippen molar-refractivity contribution >= 4 is 20.6 Å².